The molecule has 1 fully saturated rings. The Bertz CT molecular complexity index is 466. The maximum Gasteiger partial charge on any atom is 0.248 e. The molecule has 0 spiro atoms. The second-order valence-corrected chi connectivity index (χ2v) is 6.53. The monoisotopic (exact) mass is 320 g/mol. The van der Waals surface area contributed by atoms with Crippen LogP contribution in [0.3, 0.4) is 0 Å². The second kappa shape index (κ2) is 6.58. The van der Waals surface area contributed by atoms with E-state index < -0.39 is 5.92 Å². The average Bonchev–Trinajstić information content (AvgIpc) is 2.76. The zero-order chi connectivity index (χ0) is 15.6. The van der Waals surface area contributed by atoms with Gasteiger partial charge in [-0.2, -0.15) is 5.10 Å². The Balaban J connectivity index is 2.08. The molecule has 2 rings (SSSR count). The molecule has 4 nitrogen and oxygen atoms in total. The summed E-state index contributed by atoms with van der Waals surface area (Å²) in [6.45, 7) is 1.51. The standard InChI is InChI=1S/C14H23ClF2N4/c1-20(2)7-8-21-13(11(15)9-19-21)12(18)10-3-5-14(16,17)6-4-10/h9-10,12H,3-8,18H2,1-2H3. The first-order valence-electron chi connectivity index (χ1n) is 7.29. The first kappa shape index (κ1) is 16.6. The van der Waals surface area contributed by atoms with Crippen LogP contribution in [0.4, 0.5) is 8.78 Å². The Hall–Kier alpha value is -0.720. The Labute approximate surface area is 129 Å². The van der Waals surface area contributed by atoms with Crippen LogP contribution in [0.15, 0.2) is 6.20 Å². The molecular formula is C14H23ClF2N4. The van der Waals surface area contributed by atoms with Crippen LogP contribution in [-0.2, 0) is 6.54 Å². The highest BCUT2D eigenvalue weighted by molar-refractivity contribution is 6.31. The highest BCUT2D eigenvalue weighted by atomic mass is 35.5. The van der Waals surface area contributed by atoms with E-state index in [0.717, 1.165) is 12.2 Å². The number of hydrogen-bond acceptors (Lipinski definition) is 3. The number of nitrogens with two attached hydrogens (primary N) is 1. The fourth-order valence-electron chi connectivity index (χ4n) is 2.82. The third kappa shape index (κ3) is 4.14. The maximum absolute atomic E-state index is 13.3. The highest BCUT2D eigenvalue weighted by Crippen LogP contribution is 2.41. The van der Waals surface area contributed by atoms with E-state index in [1.807, 2.05) is 19.0 Å². The van der Waals surface area contributed by atoms with Crippen molar-refractivity contribution in [2.45, 2.75) is 44.2 Å². The molecule has 0 saturated heterocycles. The number of rotatable bonds is 5. The van der Waals surface area contributed by atoms with Crippen molar-refractivity contribution in [3.05, 3.63) is 16.9 Å². The van der Waals surface area contributed by atoms with Gasteiger partial charge in [0, 0.05) is 19.4 Å². The third-order valence-electron chi connectivity index (χ3n) is 4.18. The molecule has 2 N–H and O–H groups in total. The van der Waals surface area contributed by atoms with E-state index in [1.54, 1.807) is 10.9 Å². The summed E-state index contributed by atoms with van der Waals surface area (Å²) >= 11 is 6.21. The van der Waals surface area contributed by atoms with Crippen molar-refractivity contribution in [2.24, 2.45) is 11.7 Å². The molecule has 1 saturated carbocycles. The van der Waals surface area contributed by atoms with E-state index in [2.05, 4.69) is 5.10 Å². The van der Waals surface area contributed by atoms with Crippen LogP contribution in [0.1, 0.15) is 37.4 Å². The van der Waals surface area contributed by atoms with E-state index in [1.165, 1.54) is 0 Å². The van der Waals surface area contributed by atoms with E-state index in [0.29, 0.717) is 24.4 Å². The minimum Gasteiger partial charge on any atom is -0.322 e. The quantitative estimate of drug-likeness (QED) is 0.907. The predicted molar refractivity (Wildman–Crippen MR) is 79.6 cm³/mol. The first-order chi connectivity index (χ1) is 9.80. The molecule has 1 aromatic rings. The van der Waals surface area contributed by atoms with Gasteiger partial charge in [-0.05, 0) is 32.9 Å². The van der Waals surface area contributed by atoms with Crippen LogP contribution in [-0.4, -0.2) is 41.2 Å². The molecule has 0 aromatic carbocycles. The molecule has 0 radical (unpaired) electrons. The Morgan fingerprint density at radius 3 is 2.67 bits per heavy atom. The molecule has 0 amide bonds. The lowest BCUT2D eigenvalue weighted by Crippen LogP contribution is -2.32. The van der Waals surface area contributed by atoms with Crippen LogP contribution in [0.2, 0.25) is 5.02 Å². The summed E-state index contributed by atoms with van der Waals surface area (Å²) in [5.74, 6) is -2.50. The summed E-state index contributed by atoms with van der Waals surface area (Å²) in [6.07, 6.45) is 2.28. The highest BCUT2D eigenvalue weighted by Gasteiger charge is 2.38. The Kier molecular flexibility index (Phi) is 5.22. The zero-order valence-corrected chi connectivity index (χ0v) is 13.3. The SMILES string of the molecule is CN(C)CCn1ncc(Cl)c1C(N)C1CCC(F)(F)CC1. The minimum absolute atomic E-state index is 0.0388. The van der Waals surface area contributed by atoms with Crippen molar-refractivity contribution in [2.75, 3.05) is 20.6 Å². The molecule has 0 bridgehead atoms. The van der Waals surface area contributed by atoms with Gasteiger partial charge in [-0.15, -0.1) is 0 Å². The Morgan fingerprint density at radius 2 is 2.10 bits per heavy atom. The van der Waals surface area contributed by atoms with Crippen molar-refractivity contribution >= 4 is 11.6 Å². The molecule has 1 unspecified atom stereocenters. The van der Waals surface area contributed by atoms with Gasteiger partial charge in [-0.3, -0.25) is 4.68 Å². The second-order valence-electron chi connectivity index (χ2n) is 6.12. The molecule has 0 aliphatic heterocycles. The molecular weight excluding hydrogens is 298 g/mol. The maximum atomic E-state index is 13.3. The normalized spacial score (nSPS) is 20.9. The van der Waals surface area contributed by atoms with E-state index in [9.17, 15) is 8.78 Å². The smallest absolute Gasteiger partial charge is 0.248 e. The summed E-state index contributed by atoms with van der Waals surface area (Å²) in [5, 5.41) is 4.79. The van der Waals surface area contributed by atoms with Crippen molar-refractivity contribution in [1.29, 1.82) is 0 Å². The van der Waals surface area contributed by atoms with Crippen LogP contribution < -0.4 is 5.73 Å². The van der Waals surface area contributed by atoms with Gasteiger partial charge in [-0.1, -0.05) is 11.6 Å². The third-order valence-corrected chi connectivity index (χ3v) is 4.47. The first-order valence-corrected chi connectivity index (χ1v) is 7.67. The number of halogens is 3. The lowest BCUT2D eigenvalue weighted by molar-refractivity contribution is -0.0486. The predicted octanol–water partition coefficient (Wildman–Crippen LogP) is 2.92. The van der Waals surface area contributed by atoms with Crippen molar-refractivity contribution in [3.8, 4) is 0 Å². The molecule has 1 heterocycles. The summed E-state index contributed by atoms with van der Waals surface area (Å²) in [5.41, 5.74) is 7.08. The average molecular weight is 321 g/mol. The van der Waals surface area contributed by atoms with Gasteiger partial charge in [-0.25, -0.2) is 8.78 Å². The van der Waals surface area contributed by atoms with Gasteiger partial charge in [0.2, 0.25) is 5.92 Å². The molecule has 1 aliphatic carbocycles. The number of alkyl halides is 2. The summed E-state index contributed by atoms with van der Waals surface area (Å²) in [4.78, 5) is 2.05. The fourth-order valence-corrected chi connectivity index (χ4v) is 3.09. The summed E-state index contributed by atoms with van der Waals surface area (Å²) in [6, 6.07) is -0.335. The van der Waals surface area contributed by atoms with Gasteiger partial charge in [0.1, 0.15) is 0 Å². The fraction of sp³-hybridized carbons (Fsp3) is 0.786. The molecule has 1 atom stereocenters. The van der Waals surface area contributed by atoms with E-state index >= 15 is 0 Å². The van der Waals surface area contributed by atoms with Crippen LogP contribution >= 0.6 is 11.6 Å². The van der Waals surface area contributed by atoms with Gasteiger partial charge in [0.05, 0.1) is 29.5 Å². The van der Waals surface area contributed by atoms with E-state index in [-0.39, 0.29) is 24.8 Å². The zero-order valence-electron chi connectivity index (χ0n) is 12.5. The van der Waals surface area contributed by atoms with Crippen molar-refractivity contribution in [1.82, 2.24) is 14.7 Å². The number of nitrogens with zero attached hydrogens (tertiary/aromatic N) is 3. The molecule has 21 heavy (non-hydrogen) atoms. The molecule has 1 aromatic heterocycles. The van der Waals surface area contributed by atoms with Gasteiger partial charge >= 0.3 is 0 Å². The number of likely N-dealkylation sites (N-methyl/N-ethyl adjacent to an activating group) is 1. The number of aromatic nitrogens is 2. The van der Waals surface area contributed by atoms with Crippen molar-refractivity contribution < 1.29 is 8.78 Å². The number of hydrogen-bond donors (Lipinski definition) is 1. The molecule has 1 aliphatic rings. The van der Waals surface area contributed by atoms with Gasteiger partial charge in [0.15, 0.2) is 0 Å². The molecule has 120 valence electrons. The summed E-state index contributed by atoms with van der Waals surface area (Å²) in [7, 11) is 3.96. The molecule has 7 heteroatoms. The topological polar surface area (TPSA) is 47.1 Å². The van der Waals surface area contributed by atoms with Gasteiger partial charge in [0.25, 0.3) is 0 Å². The largest absolute Gasteiger partial charge is 0.322 e. The minimum atomic E-state index is -2.54. The lowest BCUT2D eigenvalue weighted by Gasteiger charge is -2.32. The van der Waals surface area contributed by atoms with Crippen LogP contribution in [0.25, 0.3) is 0 Å². The lowest BCUT2D eigenvalue weighted by atomic mass is 9.81. The van der Waals surface area contributed by atoms with Gasteiger partial charge < -0.3 is 10.6 Å². The Morgan fingerprint density at radius 1 is 1.48 bits per heavy atom. The van der Waals surface area contributed by atoms with Crippen molar-refractivity contribution in [3.63, 3.8) is 0 Å². The van der Waals surface area contributed by atoms with Crippen LogP contribution in [0, 0.1) is 5.92 Å². The summed E-state index contributed by atoms with van der Waals surface area (Å²) < 4.78 is 28.3. The van der Waals surface area contributed by atoms with E-state index in [4.69, 9.17) is 17.3 Å². The van der Waals surface area contributed by atoms with Crippen LogP contribution in [0.5, 0.6) is 0 Å².